The van der Waals surface area contributed by atoms with Crippen molar-refractivity contribution in [1.29, 1.82) is 0 Å². The van der Waals surface area contributed by atoms with Gasteiger partial charge in [-0.3, -0.25) is 0 Å². The number of hydrogen-bond donors (Lipinski definition) is 1. The van der Waals surface area contributed by atoms with E-state index in [2.05, 4.69) is 10.8 Å². The lowest BCUT2D eigenvalue weighted by molar-refractivity contribution is 0.299. The van der Waals surface area contributed by atoms with Crippen LogP contribution in [0.15, 0.2) is 42.5 Å². The summed E-state index contributed by atoms with van der Waals surface area (Å²) in [6, 6.07) is 13.5. The molecule has 1 atom stereocenters. The molecule has 1 aliphatic rings. The fourth-order valence-corrected chi connectivity index (χ4v) is 4.40. The molecule has 0 radical (unpaired) electrons. The van der Waals surface area contributed by atoms with Crippen molar-refractivity contribution in [3.63, 3.8) is 0 Å². The molecule has 0 amide bonds. The van der Waals surface area contributed by atoms with Crippen molar-refractivity contribution >= 4 is 10.0 Å². The minimum Gasteiger partial charge on any atom is -0.497 e. The number of rotatable bonds is 9. The molecular formula is C21H28N2O4S. The van der Waals surface area contributed by atoms with E-state index < -0.39 is 10.0 Å². The number of ether oxygens (including phenoxy) is 2. The third-order valence-corrected chi connectivity index (χ3v) is 6.38. The van der Waals surface area contributed by atoms with E-state index in [1.54, 1.807) is 7.11 Å². The maximum absolute atomic E-state index is 12.5. The van der Waals surface area contributed by atoms with Crippen LogP contribution in [-0.4, -0.2) is 53.4 Å². The second-order valence-corrected chi connectivity index (χ2v) is 9.14. The van der Waals surface area contributed by atoms with Crippen molar-refractivity contribution in [3.05, 3.63) is 59.2 Å². The topological polar surface area (TPSA) is 67.9 Å². The first-order valence-corrected chi connectivity index (χ1v) is 11.1. The summed E-state index contributed by atoms with van der Waals surface area (Å²) in [5, 5.41) is 0. The van der Waals surface area contributed by atoms with Crippen LogP contribution in [0.3, 0.4) is 0 Å². The zero-order valence-corrected chi connectivity index (χ0v) is 17.5. The van der Waals surface area contributed by atoms with Gasteiger partial charge in [-0.15, -0.1) is 0 Å². The number of sulfonamides is 1. The third-order valence-electron chi connectivity index (χ3n) is 5.04. The normalized spacial score (nSPS) is 14.6. The standard InChI is InChI=1S/C21H28N2O4S/c1-23(2)20(17-6-9-21-18(14-17)10-12-27-21)15-22-28(24,25)13-11-16-4-7-19(26-3)8-5-16/h4-9,14,20,22H,10-13,15H2,1-3H3/t20-/m1/s1. The van der Waals surface area contributed by atoms with Gasteiger partial charge in [0, 0.05) is 19.0 Å². The lowest BCUT2D eigenvalue weighted by Crippen LogP contribution is -2.36. The van der Waals surface area contributed by atoms with Crippen LogP contribution in [-0.2, 0) is 22.9 Å². The lowest BCUT2D eigenvalue weighted by atomic mass is 10.0. The summed E-state index contributed by atoms with van der Waals surface area (Å²) in [4.78, 5) is 2.03. The molecule has 0 aromatic heterocycles. The van der Waals surface area contributed by atoms with Crippen LogP contribution in [0, 0.1) is 0 Å². The predicted molar refractivity (Wildman–Crippen MR) is 111 cm³/mol. The van der Waals surface area contributed by atoms with Crippen LogP contribution in [0.5, 0.6) is 11.5 Å². The summed E-state index contributed by atoms with van der Waals surface area (Å²) < 4.78 is 38.5. The fourth-order valence-electron chi connectivity index (χ4n) is 3.33. The van der Waals surface area contributed by atoms with Gasteiger partial charge in [0.1, 0.15) is 11.5 Å². The van der Waals surface area contributed by atoms with Crippen molar-refractivity contribution in [3.8, 4) is 11.5 Å². The molecule has 0 unspecified atom stereocenters. The average Bonchev–Trinajstić information content (AvgIpc) is 3.14. The Hall–Kier alpha value is -2.09. The molecule has 152 valence electrons. The Morgan fingerprint density at radius 1 is 1.18 bits per heavy atom. The van der Waals surface area contributed by atoms with Crippen LogP contribution >= 0.6 is 0 Å². The van der Waals surface area contributed by atoms with E-state index in [1.165, 1.54) is 5.56 Å². The largest absolute Gasteiger partial charge is 0.497 e. The quantitative estimate of drug-likeness (QED) is 0.695. The van der Waals surface area contributed by atoms with Gasteiger partial charge < -0.3 is 14.4 Å². The summed E-state index contributed by atoms with van der Waals surface area (Å²) in [6.45, 7) is 1.04. The van der Waals surface area contributed by atoms with Gasteiger partial charge in [0.2, 0.25) is 10.0 Å². The second-order valence-electron chi connectivity index (χ2n) is 7.21. The van der Waals surface area contributed by atoms with E-state index in [9.17, 15) is 8.42 Å². The third kappa shape index (κ3) is 5.25. The molecule has 3 rings (SSSR count). The molecule has 28 heavy (non-hydrogen) atoms. The Morgan fingerprint density at radius 2 is 1.93 bits per heavy atom. The zero-order chi connectivity index (χ0) is 20.1. The second kappa shape index (κ2) is 8.94. The monoisotopic (exact) mass is 404 g/mol. The molecule has 1 heterocycles. The minimum absolute atomic E-state index is 0.0401. The molecule has 0 aliphatic carbocycles. The van der Waals surface area contributed by atoms with Gasteiger partial charge in [-0.2, -0.15) is 0 Å². The lowest BCUT2D eigenvalue weighted by Gasteiger charge is -2.25. The summed E-state index contributed by atoms with van der Waals surface area (Å²) in [5.74, 6) is 1.75. The molecule has 6 nitrogen and oxygen atoms in total. The van der Waals surface area contributed by atoms with Crippen molar-refractivity contribution in [1.82, 2.24) is 9.62 Å². The number of fused-ring (bicyclic) bond motifs is 1. The number of hydrogen-bond acceptors (Lipinski definition) is 5. The first-order valence-electron chi connectivity index (χ1n) is 9.40. The maximum Gasteiger partial charge on any atom is 0.211 e. The molecule has 2 aromatic carbocycles. The molecule has 7 heteroatoms. The number of aryl methyl sites for hydroxylation is 1. The number of likely N-dealkylation sites (N-methyl/N-ethyl adjacent to an activating group) is 1. The van der Waals surface area contributed by atoms with Crippen LogP contribution in [0.1, 0.15) is 22.7 Å². The SMILES string of the molecule is COc1ccc(CCS(=O)(=O)NC[C@H](c2ccc3c(c2)CCO3)N(C)C)cc1. The van der Waals surface area contributed by atoms with Crippen LogP contribution in [0.4, 0.5) is 0 Å². The number of nitrogens with one attached hydrogen (secondary N) is 1. The number of benzene rings is 2. The Morgan fingerprint density at radius 3 is 2.61 bits per heavy atom. The minimum atomic E-state index is -3.38. The highest BCUT2D eigenvalue weighted by Crippen LogP contribution is 2.29. The molecule has 2 aromatic rings. The summed E-state index contributed by atoms with van der Waals surface area (Å²) in [5.41, 5.74) is 3.24. The van der Waals surface area contributed by atoms with Crippen molar-refractivity contribution < 1.29 is 17.9 Å². The summed E-state index contributed by atoms with van der Waals surface area (Å²) >= 11 is 0. The van der Waals surface area contributed by atoms with E-state index in [1.807, 2.05) is 55.4 Å². The molecule has 0 saturated carbocycles. The van der Waals surface area contributed by atoms with Gasteiger partial charge in [0.15, 0.2) is 0 Å². The number of methoxy groups -OCH3 is 1. The highest BCUT2D eigenvalue weighted by molar-refractivity contribution is 7.89. The summed E-state index contributed by atoms with van der Waals surface area (Å²) in [7, 11) is 2.15. The van der Waals surface area contributed by atoms with Gasteiger partial charge in [-0.25, -0.2) is 13.1 Å². The number of nitrogens with zero attached hydrogens (tertiary/aromatic N) is 1. The van der Waals surface area contributed by atoms with Crippen molar-refractivity contribution in [2.75, 3.05) is 40.1 Å². The predicted octanol–water partition coefficient (Wildman–Crippen LogP) is 2.39. The first-order chi connectivity index (χ1) is 13.4. The Labute approximate surface area is 167 Å². The zero-order valence-electron chi connectivity index (χ0n) is 16.6. The Balaban J connectivity index is 1.60. The molecule has 1 N–H and O–H groups in total. The van der Waals surface area contributed by atoms with Gasteiger partial charge >= 0.3 is 0 Å². The highest BCUT2D eigenvalue weighted by atomic mass is 32.2. The van der Waals surface area contributed by atoms with Crippen LogP contribution < -0.4 is 14.2 Å². The Kier molecular flexibility index (Phi) is 6.59. The van der Waals surface area contributed by atoms with Crippen molar-refractivity contribution in [2.45, 2.75) is 18.9 Å². The smallest absolute Gasteiger partial charge is 0.211 e. The molecule has 0 spiro atoms. The maximum atomic E-state index is 12.5. The van der Waals surface area contributed by atoms with E-state index >= 15 is 0 Å². The summed E-state index contributed by atoms with van der Waals surface area (Å²) in [6.07, 6.45) is 1.36. The van der Waals surface area contributed by atoms with Gasteiger partial charge in [-0.05, 0) is 55.4 Å². The van der Waals surface area contributed by atoms with E-state index in [4.69, 9.17) is 9.47 Å². The molecular weight excluding hydrogens is 376 g/mol. The highest BCUT2D eigenvalue weighted by Gasteiger charge is 2.21. The van der Waals surface area contributed by atoms with Crippen LogP contribution in [0.2, 0.25) is 0 Å². The molecule has 0 saturated heterocycles. The van der Waals surface area contributed by atoms with E-state index in [0.29, 0.717) is 19.6 Å². The molecule has 0 bridgehead atoms. The van der Waals surface area contributed by atoms with Crippen molar-refractivity contribution in [2.24, 2.45) is 0 Å². The van der Waals surface area contributed by atoms with Gasteiger partial charge in [-0.1, -0.05) is 24.3 Å². The van der Waals surface area contributed by atoms with Gasteiger partial charge in [0.05, 0.1) is 19.5 Å². The first kappa shape index (κ1) is 20.6. The Bertz CT molecular complexity index is 895. The van der Waals surface area contributed by atoms with E-state index in [0.717, 1.165) is 29.0 Å². The molecule has 1 aliphatic heterocycles. The van der Waals surface area contributed by atoms with E-state index in [-0.39, 0.29) is 11.8 Å². The van der Waals surface area contributed by atoms with Gasteiger partial charge in [0.25, 0.3) is 0 Å². The average molecular weight is 405 g/mol. The fraction of sp³-hybridized carbons (Fsp3) is 0.429. The molecule has 0 fully saturated rings. The van der Waals surface area contributed by atoms with Crippen LogP contribution in [0.25, 0.3) is 0 Å².